The summed E-state index contributed by atoms with van der Waals surface area (Å²) in [6.45, 7) is 6.07. The van der Waals surface area contributed by atoms with E-state index in [0.29, 0.717) is 16.8 Å². The van der Waals surface area contributed by atoms with E-state index in [1.807, 2.05) is 20.1 Å². The number of allylic oxidation sites excluding steroid dienone is 1. The van der Waals surface area contributed by atoms with Gasteiger partial charge in [-0.2, -0.15) is 0 Å². The Hall–Kier alpha value is -1.82. The Balaban J connectivity index is 2.57. The van der Waals surface area contributed by atoms with Crippen LogP contribution in [0.4, 0.5) is 4.39 Å². The minimum atomic E-state index is -0.411. The molecule has 0 amide bonds. The second-order valence-electron chi connectivity index (χ2n) is 5.38. The topological polar surface area (TPSA) is 50.7 Å². The number of rotatable bonds is 5. The maximum Gasteiger partial charge on any atom is 0.342 e. The number of nitrogens with one attached hydrogen (secondary N) is 1. The number of esters is 1. The molecular weight excluding hydrogens is 315 g/mol. The maximum absolute atomic E-state index is 13.2. The zero-order valence-electron chi connectivity index (χ0n) is 13.7. The van der Waals surface area contributed by atoms with E-state index in [0.717, 1.165) is 5.70 Å². The predicted molar refractivity (Wildman–Crippen MR) is 91.9 cm³/mol. The van der Waals surface area contributed by atoms with Crippen LogP contribution in [0.15, 0.2) is 40.5 Å². The van der Waals surface area contributed by atoms with E-state index in [-0.39, 0.29) is 23.8 Å². The van der Waals surface area contributed by atoms with Crippen molar-refractivity contribution in [3.8, 4) is 0 Å². The Morgan fingerprint density at radius 2 is 2.04 bits per heavy atom. The molecule has 0 aromatic heterocycles. The fraction of sp³-hybridized carbons (Fsp3) is 0.412. The standard InChI is InChI=1S/C17H21FN2O2S/c1-5-22-16(21)13-14(10(2)3)19-17(23-4)20-15(13)11-6-8-12(18)9-7-11/h6-10,17,19H,5H2,1-4H3. The lowest BCUT2D eigenvalue weighted by atomic mass is 9.94. The molecule has 1 N–H and O–H groups in total. The molecule has 1 atom stereocenters. The molecule has 6 heteroatoms. The van der Waals surface area contributed by atoms with Gasteiger partial charge in [-0.05, 0) is 43.4 Å². The molecule has 0 radical (unpaired) electrons. The summed E-state index contributed by atoms with van der Waals surface area (Å²) in [7, 11) is 0. The van der Waals surface area contributed by atoms with Crippen LogP contribution in [-0.2, 0) is 9.53 Å². The maximum atomic E-state index is 13.2. The van der Waals surface area contributed by atoms with Gasteiger partial charge in [-0.1, -0.05) is 13.8 Å². The van der Waals surface area contributed by atoms with Gasteiger partial charge in [0.1, 0.15) is 11.4 Å². The number of carbonyl (C=O) groups excluding carboxylic acids is 1. The van der Waals surface area contributed by atoms with Gasteiger partial charge in [0.25, 0.3) is 0 Å². The molecule has 1 unspecified atom stereocenters. The van der Waals surface area contributed by atoms with Crippen molar-refractivity contribution in [2.24, 2.45) is 10.9 Å². The second kappa shape index (κ2) is 7.64. The average Bonchev–Trinajstić information content (AvgIpc) is 2.54. The van der Waals surface area contributed by atoms with E-state index < -0.39 is 5.97 Å². The van der Waals surface area contributed by atoms with E-state index in [1.165, 1.54) is 23.9 Å². The summed E-state index contributed by atoms with van der Waals surface area (Å²) < 4.78 is 18.4. The van der Waals surface area contributed by atoms with Crippen molar-refractivity contribution < 1.29 is 13.9 Å². The summed E-state index contributed by atoms with van der Waals surface area (Å²) in [5.41, 5.74) is 2.29. The van der Waals surface area contributed by atoms with Crippen LogP contribution in [0.1, 0.15) is 26.3 Å². The molecule has 0 aliphatic carbocycles. The van der Waals surface area contributed by atoms with Gasteiger partial charge in [-0.15, -0.1) is 11.8 Å². The quantitative estimate of drug-likeness (QED) is 0.838. The van der Waals surface area contributed by atoms with Crippen LogP contribution >= 0.6 is 11.8 Å². The number of hydrogen-bond donors (Lipinski definition) is 1. The van der Waals surface area contributed by atoms with E-state index in [2.05, 4.69) is 10.3 Å². The first-order valence-electron chi connectivity index (χ1n) is 7.52. The monoisotopic (exact) mass is 336 g/mol. The molecule has 0 fully saturated rings. The summed E-state index contributed by atoms with van der Waals surface area (Å²) in [6.07, 6.45) is 1.94. The summed E-state index contributed by atoms with van der Waals surface area (Å²) in [4.78, 5) is 17.1. The molecule has 0 saturated carbocycles. The molecule has 1 aromatic carbocycles. The van der Waals surface area contributed by atoms with Crippen LogP contribution in [0.2, 0.25) is 0 Å². The lowest BCUT2D eigenvalue weighted by Crippen LogP contribution is -2.37. The minimum absolute atomic E-state index is 0.106. The highest BCUT2D eigenvalue weighted by Gasteiger charge is 2.30. The lowest BCUT2D eigenvalue weighted by Gasteiger charge is -2.28. The highest BCUT2D eigenvalue weighted by Crippen LogP contribution is 2.27. The van der Waals surface area contributed by atoms with Crippen molar-refractivity contribution in [1.29, 1.82) is 0 Å². The molecular formula is C17H21FN2O2S. The molecule has 1 aliphatic rings. The van der Waals surface area contributed by atoms with E-state index in [4.69, 9.17) is 4.74 Å². The first kappa shape index (κ1) is 17.5. The van der Waals surface area contributed by atoms with Crippen LogP contribution < -0.4 is 5.32 Å². The zero-order chi connectivity index (χ0) is 17.0. The Morgan fingerprint density at radius 3 is 2.57 bits per heavy atom. The molecule has 2 rings (SSSR count). The highest BCUT2D eigenvalue weighted by atomic mass is 32.2. The van der Waals surface area contributed by atoms with Gasteiger partial charge in [0.15, 0.2) is 5.50 Å². The molecule has 0 bridgehead atoms. The number of carbonyl (C=O) groups is 1. The van der Waals surface area contributed by atoms with Crippen molar-refractivity contribution in [3.63, 3.8) is 0 Å². The molecule has 1 aromatic rings. The number of halogens is 1. The summed E-state index contributed by atoms with van der Waals surface area (Å²) in [5, 5.41) is 3.28. The highest BCUT2D eigenvalue weighted by molar-refractivity contribution is 7.99. The molecule has 124 valence electrons. The van der Waals surface area contributed by atoms with Crippen molar-refractivity contribution in [2.45, 2.75) is 26.3 Å². The smallest absolute Gasteiger partial charge is 0.342 e. The number of ether oxygens (including phenoxy) is 1. The van der Waals surface area contributed by atoms with Crippen LogP contribution in [0.5, 0.6) is 0 Å². The zero-order valence-corrected chi connectivity index (χ0v) is 14.5. The fourth-order valence-electron chi connectivity index (χ4n) is 2.35. The first-order chi connectivity index (χ1) is 11.0. The van der Waals surface area contributed by atoms with E-state index in [1.54, 1.807) is 19.1 Å². The third kappa shape index (κ3) is 3.93. The van der Waals surface area contributed by atoms with Crippen molar-refractivity contribution in [3.05, 3.63) is 46.9 Å². The minimum Gasteiger partial charge on any atom is -0.462 e. The van der Waals surface area contributed by atoms with Gasteiger partial charge < -0.3 is 10.1 Å². The van der Waals surface area contributed by atoms with E-state index in [9.17, 15) is 9.18 Å². The molecule has 1 aliphatic heterocycles. The summed E-state index contributed by atoms with van der Waals surface area (Å²) >= 11 is 1.54. The van der Waals surface area contributed by atoms with Crippen LogP contribution in [0.25, 0.3) is 0 Å². The normalized spacial score (nSPS) is 17.8. The van der Waals surface area contributed by atoms with Gasteiger partial charge in [0, 0.05) is 11.3 Å². The number of hydrogen-bond acceptors (Lipinski definition) is 5. The Labute approximate surface area is 140 Å². The van der Waals surface area contributed by atoms with Gasteiger partial charge in [-0.25, -0.2) is 14.2 Å². The third-order valence-corrected chi connectivity index (χ3v) is 4.10. The van der Waals surface area contributed by atoms with Crippen LogP contribution in [0.3, 0.4) is 0 Å². The van der Waals surface area contributed by atoms with Crippen LogP contribution in [0, 0.1) is 11.7 Å². The molecule has 0 saturated heterocycles. The van der Waals surface area contributed by atoms with Crippen molar-refractivity contribution in [1.82, 2.24) is 5.32 Å². The number of benzene rings is 1. The molecule has 4 nitrogen and oxygen atoms in total. The number of thioether (sulfide) groups is 1. The van der Waals surface area contributed by atoms with Gasteiger partial charge in [0.2, 0.25) is 0 Å². The third-order valence-electron chi connectivity index (χ3n) is 3.43. The fourth-order valence-corrected chi connectivity index (χ4v) is 2.81. The number of aliphatic imine (C=N–C) groups is 1. The average molecular weight is 336 g/mol. The Bertz CT molecular complexity index is 638. The lowest BCUT2D eigenvalue weighted by molar-refractivity contribution is -0.138. The largest absolute Gasteiger partial charge is 0.462 e. The van der Waals surface area contributed by atoms with Gasteiger partial charge in [0.05, 0.1) is 12.3 Å². The summed E-state index contributed by atoms with van der Waals surface area (Å²) in [6, 6.07) is 6.00. The van der Waals surface area contributed by atoms with Gasteiger partial charge in [-0.3, -0.25) is 0 Å². The van der Waals surface area contributed by atoms with E-state index >= 15 is 0 Å². The molecule has 23 heavy (non-hydrogen) atoms. The van der Waals surface area contributed by atoms with Gasteiger partial charge >= 0.3 is 5.97 Å². The van der Waals surface area contributed by atoms with Crippen molar-refractivity contribution >= 4 is 23.4 Å². The second-order valence-corrected chi connectivity index (χ2v) is 6.30. The molecule has 0 spiro atoms. The Morgan fingerprint density at radius 1 is 1.39 bits per heavy atom. The Kier molecular flexibility index (Phi) is 5.82. The SMILES string of the molecule is CCOC(=O)C1=C(C(C)C)NC(SC)N=C1c1ccc(F)cc1. The molecule has 1 heterocycles. The predicted octanol–water partition coefficient (Wildman–Crippen LogP) is 3.34. The first-order valence-corrected chi connectivity index (χ1v) is 8.81. The van der Waals surface area contributed by atoms with Crippen molar-refractivity contribution in [2.75, 3.05) is 12.9 Å². The summed E-state index contributed by atoms with van der Waals surface area (Å²) in [5.74, 6) is -0.628. The van der Waals surface area contributed by atoms with Crippen LogP contribution in [-0.4, -0.2) is 30.0 Å². The number of nitrogens with zero attached hydrogens (tertiary/aromatic N) is 1.